The standard InChI is InChI=1S/C39H39N3O7/c1-25(2)20-32(36(45)40-31(22-35(43)44)29-18-19-33-34(21-29)49-24-48-33)42-37(46)39(3,30-12-8-5-9-13-30)41(38(42)47)23-26-14-16-28(17-15-26)27-10-6-4-7-11-27/h4-19,21,25,31-32H,20,22-24H2,1-3H3,(H,40,45)(H,43,44)/t31-,32-,39-/m0/s1. The molecule has 0 unspecified atom stereocenters. The van der Waals surface area contributed by atoms with E-state index in [1.54, 1.807) is 37.3 Å². The Balaban J connectivity index is 1.33. The first-order valence-corrected chi connectivity index (χ1v) is 16.3. The van der Waals surface area contributed by atoms with Gasteiger partial charge in [-0.05, 0) is 59.2 Å². The van der Waals surface area contributed by atoms with Crippen LogP contribution in [0.15, 0.2) is 103 Å². The molecule has 4 aromatic carbocycles. The Morgan fingerprint density at radius 1 is 0.857 bits per heavy atom. The second kappa shape index (κ2) is 13.8. The van der Waals surface area contributed by atoms with E-state index in [0.717, 1.165) is 21.6 Å². The monoisotopic (exact) mass is 661 g/mol. The zero-order valence-electron chi connectivity index (χ0n) is 27.7. The molecule has 10 heteroatoms. The number of hydrogen-bond donors (Lipinski definition) is 2. The van der Waals surface area contributed by atoms with Crippen LogP contribution in [0.5, 0.6) is 11.5 Å². The van der Waals surface area contributed by atoms with Gasteiger partial charge in [-0.25, -0.2) is 9.69 Å². The highest BCUT2D eigenvalue weighted by Gasteiger charge is 2.58. The number of fused-ring (bicyclic) bond motifs is 1. The number of amides is 4. The number of urea groups is 1. The van der Waals surface area contributed by atoms with E-state index in [1.165, 1.54) is 4.90 Å². The molecular weight excluding hydrogens is 622 g/mol. The van der Waals surface area contributed by atoms with Gasteiger partial charge in [0.2, 0.25) is 12.7 Å². The number of nitrogens with one attached hydrogen (secondary N) is 1. The van der Waals surface area contributed by atoms with Crippen LogP contribution in [0.1, 0.15) is 56.3 Å². The highest BCUT2D eigenvalue weighted by atomic mass is 16.7. The summed E-state index contributed by atoms with van der Waals surface area (Å²) in [5.41, 5.74) is 2.60. The average molecular weight is 662 g/mol. The molecule has 252 valence electrons. The molecule has 4 aromatic rings. The number of aliphatic carboxylic acids is 1. The number of carbonyl (C=O) groups excluding carboxylic acids is 3. The first-order valence-electron chi connectivity index (χ1n) is 16.3. The lowest BCUT2D eigenvalue weighted by atomic mass is 9.89. The van der Waals surface area contributed by atoms with Crippen LogP contribution in [-0.2, 0) is 26.5 Å². The van der Waals surface area contributed by atoms with Crippen molar-refractivity contribution in [2.45, 2.75) is 57.8 Å². The summed E-state index contributed by atoms with van der Waals surface area (Å²) in [5.74, 6) is -1.39. The van der Waals surface area contributed by atoms with Crippen LogP contribution < -0.4 is 14.8 Å². The quantitative estimate of drug-likeness (QED) is 0.166. The highest BCUT2D eigenvalue weighted by molar-refractivity contribution is 6.10. The number of ether oxygens (including phenoxy) is 2. The van der Waals surface area contributed by atoms with E-state index < -0.39 is 47.9 Å². The average Bonchev–Trinajstić information content (AvgIpc) is 3.65. The first-order chi connectivity index (χ1) is 23.6. The van der Waals surface area contributed by atoms with Gasteiger partial charge in [-0.1, -0.05) is 105 Å². The minimum absolute atomic E-state index is 0.0399. The minimum Gasteiger partial charge on any atom is -0.481 e. The maximum absolute atomic E-state index is 14.6. The predicted octanol–water partition coefficient (Wildman–Crippen LogP) is 6.51. The Labute approximate surface area is 285 Å². The van der Waals surface area contributed by atoms with Crippen LogP contribution >= 0.6 is 0 Å². The summed E-state index contributed by atoms with van der Waals surface area (Å²) in [6, 6.07) is 29.1. The number of carbonyl (C=O) groups is 4. The van der Waals surface area contributed by atoms with Crippen molar-refractivity contribution >= 4 is 23.8 Å². The summed E-state index contributed by atoms with van der Waals surface area (Å²) >= 11 is 0. The number of benzene rings is 4. The van der Waals surface area contributed by atoms with Gasteiger partial charge < -0.3 is 24.8 Å². The van der Waals surface area contributed by atoms with Gasteiger partial charge in [0.25, 0.3) is 5.91 Å². The zero-order valence-corrected chi connectivity index (χ0v) is 27.7. The SMILES string of the molecule is CC(C)C[C@@H](C(=O)N[C@@H](CC(=O)O)c1ccc2c(c1)OCO2)N1C(=O)N(Cc2ccc(-c3ccccc3)cc2)[C@@](C)(c2ccccc2)C1=O. The second-order valence-electron chi connectivity index (χ2n) is 13.0. The molecule has 2 N–H and O–H groups in total. The zero-order chi connectivity index (χ0) is 34.7. The summed E-state index contributed by atoms with van der Waals surface area (Å²) in [7, 11) is 0. The summed E-state index contributed by atoms with van der Waals surface area (Å²) in [5, 5.41) is 12.6. The lowest BCUT2D eigenvalue weighted by molar-refractivity contribution is -0.141. The molecule has 0 aliphatic carbocycles. The van der Waals surface area contributed by atoms with Gasteiger partial charge in [-0.2, -0.15) is 0 Å². The largest absolute Gasteiger partial charge is 0.481 e. The lowest BCUT2D eigenvalue weighted by Crippen LogP contribution is -2.52. The van der Waals surface area contributed by atoms with E-state index in [-0.39, 0.29) is 25.7 Å². The molecule has 0 bridgehead atoms. The number of hydrogen-bond acceptors (Lipinski definition) is 6. The van der Waals surface area contributed by atoms with Gasteiger partial charge in [0.05, 0.1) is 12.5 Å². The van der Waals surface area contributed by atoms with Gasteiger partial charge in [-0.3, -0.25) is 14.4 Å². The molecule has 0 radical (unpaired) electrons. The molecule has 49 heavy (non-hydrogen) atoms. The van der Waals surface area contributed by atoms with E-state index in [9.17, 15) is 24.3 Å². The molecule has 1 fully saturated rings. The smallest absolute Gasteiger partial charge is 0.329 e. The third-order valence-electron chi connectivity index (χ3n) is 9.15. The third-order valence-corrected chi connectivity index (χ3v) is 9.15. The van der Waals surface area contributed by atoms with Crippen molar-refractivity contribution in [1.82, 2.24) is 15.1 Å². The van der Waals surface area contributed by atoms with Crippen LogP contribution in [0, 0.1) is 5.92 Å². The number of carboxylic acid groups (broad SMARTS) is 1. The topological polar surface area (TPSA) is 125 Å². The van der Waals surface area contributed by atoms with E-state index in [1.807, 2.05) is 86.6 Å². The molecule has 2 aliphatic heterocycles. The molecule has 6 rings (SSSR count). The molecular formula is C39H39N3O7. The fourth-order valence-electron chi connectivity index (χ4n) is 6.52. The number of nitrogens with zero attached hydrogens (tertiary/aromatic N) is 2. The fourth-order valence-corrected chi connectivity index (χ4v) is 6.52. The Hall–Kier alpha value is -5.64. The molecule has 10 nitrogen and oxygen atoms in total. The molecule has 0 spiro atoms. The molecule has 2 aliphatic rings. The third kappa shape index (κ3) is 6.72. The van der Waals surface area contributed by atoms with Gasteiger partial charge in [0, 0.05) is 6.54 Å². The molecule has 1 saturated heterocycles. The number of imide groups is 1. The number of carboxylic acids is 1. The van der Waals surface area contributed by atoms with Crippen LogP contribution in [-0.4, -0.2) is 51.6 Å². The normalized spacial score (nSPS) is 18.1. The van der Waals surface area contributed by atoms with Crippen LogP contribution in [0.4, 0.5) is 4.79 Å². The summed E-state index contributed by atoms with van der Waals surface area (Å²) in [4.78, 5) is 57.9. The lowest BCUT2D eigenvalue weighted by Gasteiger charge is -2.32. The van der Waals surface area contributed by atoms with E-state index >= 15 is 0 Å². The maximum atomic E-state index is 14.6. The van der Waals surface area contributed by atoms with E-state index in [2.05, 4.69) is 5.32 Å². The Morgan fingerprint density at radius 3 is 2.14 bits per heavy atom. The van der Waals surface area contributed by atoms with Crippen LogP contribution in [0.2, 0.25) is 0 Å². The first kappa shape index (κ1) is 33.3. The van der Waals surface area contributed by atoms with Gasteiger partial charge in [-0.15, -0.1) is 0 Å². The minimum atomic E-state index is -1.41. The highest BCUT2D eigenvalue weighted by Crippen LogP contribution is 2.41. The van der Waals surface area contributed by atoms with Crippen molar-refractivity contribution in [2.24, 2.45) is 5.92 Å². The van der Waals surface area contributed by atoms with Gasteiger partial charge in [0.15, 0.2) is 11.5 Å². The summed E-state index contributed by atoms with van der Waals surface area (Å²) in [6.45, 7) is 5.68. The Morgan fingerprint density at radius 2 is 1.49 bits per heavy atom. The fraction of sp³-hybridized carbons (Fsp3) is 0.282. The van der Waals surface area contributed by atoms with Crippen molar-refractivity contribution in [3.8, 4) is 22.6 Å². The summed E-state index contributed by atoms with van der Waals surface area (Å²) < 4.78 is 10.9. The van der Waals surface area contributed by atoms with Crippen molar-refractivity contribution in [2.75, 3.05) is 6.79 Å². The van der Waals surface area contributed by atoms with E-state index in [0.29, 0.717) is 22.6 Å². The molecule has 0 saturated carbocycles. The van der Waals surface area contributed by atoms with Gasteiger partial charge >= 0.3 is 12.0 Å². The van der Waals surface area contributed by atoms with Crippen molar-refractivity contribution in [3.63, 3.8) is 0 Å². The van der Waals surface area contributed by atoms with Crippen molar-refractivity contribution in [3.05, 3.63) is 120 Å². The van der Waals surface area contributed by atoms with Crippen LogP contribution in [0.3, 0.4) is 0 Å². The van der Waals surface area contributed by atoms with Gasteiger partial charge in [0.1, 0.15) is 11.6 Å². The molecule has 0 aromatic heterocycles. The van der Waals surface area contributed by atoms with Crippen molar-refractivity contribution < 1.29 is 33.8 Å². The molecule has 3 atom stereocenters. The van der Waals surface area contributed by atoms with Crippen molar-refractivity contribution in [1.29, 1.82) is 0 Å². The molecule has 4 amide bonds. The maximum Gasteiger partial charge on any atom is 0.329 e. The van der Waals surface area contributed by atoms with Crippen LogP contribution in [0.25, 0.3) is 11.1 Å². The number of rotatable bonds is 12. The Kier molecular flexibility index (Phi) is 9.40. The second-order valence-corrected chi connectivity index (χ2v) is 13.0. The summed E-state index contributed by atoms with van der Waals surface area (Å²) in [6.07, 6.45) is -0.247. The predicted molar refractivity (Wildman–Crippen MR) is 182 cm³/mol. The Bertz CT molecular complexity index is 1850. The van der Waals surface area contributed by atoms with E-state index in [4.69, 9.17) is 9.47 Å². The molecule has 2 heterocycles.